The minimum atomic E-state index is 0. The predicted octanol–water partition coefficient (Wildman–Crippen LogP) is 1.73. The van der Waals surface area contributed by atoms with Crippen molar-refractivity contribution >= 4 is 18.3 Å². The van der Waals surface area contributed by atoms with Crippen molar-refractivity contribution < 1.29 is 9.53 Å². The predicted molar refractivity (Wildman–Crippen MR) is 76.2 cm³/mol. The van der Waals surface area contributed by atoms with E-state index in [4.69, 9.17) is 4.74 Å². The van der Waals surface area contributed by atoms with Crippen LogP contribution >= 0.6 is 12.4 Å². The molecule has 1 aliphatic carbocycles. The number of ether oxygens (including phenoxy) is 1. The number of hydrogen-bond acceptors (Lipinski definition) is 3. The Hall–Kier alpha value is -0.320. The Labute approximate surface area is 117 Å². The van der Waals surface area contributed by atoms with Crippen LogP contribution < -0.4 is 10.6 Å². The Morgan fingerprint density at radius 1 is 1.39 bits per heavy atom. The van der Waals surface area contributed by atoms with Crippen molar-refractivity contribution in [2.24, 2.45) is 5.92 Å². The normalized spacial score (nSPS) is 17.2. The molecule has 5 heteroatoms. The summed E-state index contributed by atoms with van der Waals surface area (Å²) in [5, 5.41) is 5.76. The molecule has 1 saturated carbocycles. The maximum absolute atomic E-state index is 11.3. The van der Waals surface area contributed by atoms with Crippen molar-refractivity contribution in [1.29, 1.82) is 0 Å². The lowest BCUT2D eigenvalue weighted by molar-refractivity contribution is -0.120. The summed E-state index contributed by atoms with van der Waals surface area (Å²) in [6.07, 6.45) is 6.51. The number of halogens is 1. The van der Waals surface area contributed by atoms with E-state index < -0.39 is 0 Å². The van der Waals surface area contributed by atoms with Crippen LogP contribution in [0.3, 0.4) is 0 Å². The van der Waals surface area contributed by atoms with E-state index >= 15 is 0 Å². The van der Waals surface area contributed by atoms with E-state index in [1.54, 1.807) is 7.05 Å². The molecule has 1 rings (SSSR count). The molecule has 0 bridgehead atoms. The number of rotatable bonds is 8. The van der Waals surface area contributed by atoms with Gasteiger partial charge in [-0.2, -0.15) is 0 Å². The fraction of sp³-hybridized carbons (Fsp3) is 0.923. The number of hydrogen-bond donors (Lipinski definition) is 2. The van der Waals surface area contributed by atoms with Crippen molar-refractivity contribution in [1.82, 2.24) is 10.6 Å². The van der Waals surface area contributed by atoms with E-state index in [9.17, 15) is 4.79 Å². The van der Waals surface area contributed by atoms with Crippen molar-refractivity contribution in [3.8, 4) is 0 Å². The van der Waals surface area contributed by atoms with E-state index in [-0.39, 0.29) is 18.3 Å². The van der Waals surface area contributed by atoms with Crippen LogP contribution in [0, 0.1) is 5.92 Å². The van der Waals surface area contributed by atoms with Gasteiger partial charge in [0.1, 0.15) is 0 Å². The highest BCUT2D eigenvalue weighted by Gasteiger charge is 2.24. The molecule has 1 atom stereocenters. The second-order valence-corrected chi connectivity index (χ2v) is 4.71. The molecule has 0 spiro atoms. The Balaban J connectivity index is 0.00000289. The molecule has 18 heavy (non-hydrogen) atoms. The molecule has 2 N–H and O–H groups in total. The van der Waals surface area contributed by atoms with E-state index in [1.807, 2.05) is 6.92 Å². The molecule has 108 valence electrons. The second-order valence-electron chi connectivity index (χ2n) is 4.71. The Bertz CT molecular complexity index is 221. The third-order valence-electron chi connectivity index (χ3n) is 3.39. The van der Waals surface area contributed by atoms with Gasteiger partial charge < -0.3 is 15.4 Å². The largest absolute Gasteiger partial charge is 0.378 e. The number of carbonyl (C=O) groups is 1. The summed E-state index contributed by atoms with van der Waals surface area (Å²) in [4.78, 5) is 11.3. The number of nitrogens with one attached hydrogen (secondary N) is 2. The molecule has 0 aliphatic heterocycles. The van der Waals surface area contributed by atoms with Crippen LogP contribution in [0.1, 0.15) is 39.0 Å². The Morgan fingerprint density at radius 2 is 2.06 bits per heavy atom. The van der Waals surface area contributed by atoms with Gasteiger partial charge in [0.2, 0.25) is 5.91 Å². The topological polar surface area (TPSA) is 50.4 Å². The summed E-state index contributed by atoms with van der Waals surface area (Å²) in [5.41, 5.74) is 0. The van der Waals surface area contributed by atoms with Gasteiger partial charge in [0, 0.05) is 13.2 Å². The van der Waals surface area contributed by atoms with Crippen LogP contribution in [0.4, 0.5) is 0 Å². The molecule has 0 aromatic heterocycles. The zero-order valence-electron chi connectivity index (χ0n) is 11.5. The molecule has 0 heterocycles. The number of carbonyl (C=O) groups excluding carboxylic acids is 1. The summed E-state index contributed by atoms with van der Waals surface area (Å²) >= 11 is 0. The van der Waals surface area contributed by atoms with Gasteiger partial charge in [0.15, 0.2) is 0 Å². The molecule has 1 aliphatic rings. The summed E-state index contributed by atoms with van der Waals surface area (Å²) < 4.78 is 5.80. The Morgan fingerprint density at radius 3 is 2.61 bits per heavy atom. The fourth-order valence-corrected chi connectivity index (χ4v) is 2.58. The van der Waals surface area contributed by atoms with Gasteiger partial charge in [-0.15, -0.1) is 12.4 Å². The van der Waals surface area contributed by atoms with Gasteiger partial charge in [0.05, 0.1) is 12.6 Å². The second kappa shape index (κ2) is 10.6. The molecule has 4 nitrogen and oxygen atoms in total. The minimum absolute atomic E-state index is 0. The Kier molecular flexibility index (Phi) is 10.4. The third kappa shape index (κ3) is 6.57. The molecule has 1 amide bonds. The van der Waals surface area contributed by atoms with Crippen molar-refractivity contribution in [2.75, 3.05) is 26.7 Å². The lowest BCUT2D eigenvalue weighted by Gasteiger charge is -2.23. The van der Waals surface area contributed by atoms with Gasteiger partial charge in [0.25, 0.3) is 0 Å². The lowest BCUT2D eigenvalue weighted by Crippen LogP contribution is -2.35. The zero-order valence-corrected chi connectivity index (χ0v) is 12.4. The van der Waals surface area contributed by atoms with Crippen LogP contribution in [0.15, 0.2) is 0 Å². The van der Waals surface area contributed by atoms with Crippen LogP contribution in [0.25, 0.3) is 0 Å². The monoisotopic (exact) mass is 278 g/mol. The third-order valence-corrected chi connectivity index (χ3v) is 3.39. The first-order chi connectivity index (χ1) is 8.27. The van der Waals surface area contributed by atoms with Gasteiger partial charge >= 0.3 is 0 Å². The van der Waals surface area contributed by atoms with Crippen molar-refractivity contribution in [3.05, 3.63) is 0 Å². The summed E-state index contributed by atoms with van der Waals surface area (Å²) in [7, 11) is 1.78. The van der Waals surface area contributed by atoms with Gasteiger partial charge in [-0.05, 0) is 39.2 Å². The van der Waals surface area contributed by atoms with Gasteiger partial charge in [-0.3, -0.25) is 4.79 Å². The molecule has 1 fully saturated rings. The highest BCUT2D eigenvalue weighted by molar-refractivity contribution is 5.85. The fourth-order valence-electron chi connectivity index (χ4n) is 2.58. The van der Waals surface area contributed by atoms with E-state index in [0.29, 0.717) is 18.6 Å². The first-order valence-corrected chi connectivity index (χ1v) is 6.80. The molecule has 0 saturated heterocycles. The van der Waals surface area contributed by atoms with E-state index in [1.165, 1.54) is 25.7 Å². The van der Waals surface area contributed by atoms with Crippen molar-refractivity contribution in [3.63, 3.8) is 0 Å². The maximum atomic E-state index is 11.3. The maximum Gasteiger partial charge on any atom is 0.233 e. The molecular weight excluding hydrogens is 252 g/mol. The highest BCUT2D eigenvalue weighted by Crippen LogP contribution is 2.30. The van der Waals surface area contributed by atoms with Gasteiger partial charge in [-0.25, -0.2) is 0 Å². The molecule has 0 aromatic carbocycles. The number of likely N-dealkylation sites (N-methyl/N-ethyl adjacent to an activating group) is 1. The average molecular weight is 279 g/mol. The standard InChI is InChI=1S/C13H26N2O2.ClH/c1-3-17-12(11-6-4-5-7-11)8-9-15-13(16)10-14-2;/h11-12,14H,3-10H2,1-2H3,(H,15,16);1H. The average Bonchev–Trinajstić information content (AvgIpc) is 2.81. The first-order valence-electron chi connectivity index (χ1n) is 6.80. The molecule has 1 unspecified atom stereocenters. The first kappa shape index (κ1) is 17.7. The quantitative estimate of drug-likeness (QED) is 0.711. The summed E-state index contributed by atoms with van der Waals surface area (Å²) in [6.45, 7) is 3.93. The highest BCUT2D eigenvalue weighted by atomic mass is 35.5. The summed E-state index contributed by atoms with van der Waals surface area (Å²) in [6, 6.07) is 0. The number of amides is 1. The minimum Gasteiger partial charge on any atom is -0.378 e. The molecule has 0 radical (unpaired) electrons. The van der Waals surface area contributed by atoms with Crippen LogP contribution in [0.5, 0.6) is 0 Å². The van der Waals surface area contributed by atoms with Gasteiger partial charge in [-0.1, -0.05) is 12.8 Å². The molecule has 0 aromatic rings. The van der Waals surface area contributed by atoms with Crippen LogP contribution in [0.2, 0.25) is 0 Å². The zero-order chi connectivity index (χ0) is 12.5. The smallest absolute Gasteiger partial charge is 0.233 e. The van der Waals surface area contributed by atoms with Crippen LogP contribution in [-0.4, -0.2) is 38.8 Å². The summed E-state index contributed by atoms with van der Waals surface area (Å²) in [5.74, 6) is 0.769. The lowest BCUT2D eigenvalue weighted by atomic mass is 9.98. The SMILES string of the molecule is CCOC(CCNC(=O)CNC)C1CCCC1.Cl. The van der Waals surface area contributed by atoms with E-state index in [2.05, 4.69) is 10.6 Å². The van der Waals surface area contributed by atoms with Crippen molar-refractivity contribution in [2.45, 2.75) is 45.1 Å². The van der Waals surface area contributed by atoms with E-state index in [0.717, 1.165) is 19.6 Å². The van der Waals surface area contributed by atoms with Crippen LogP contribution in [-0.2, 0) is 9.53 Å². The molecular formula is C13H27ClN2O2.